The molecular weight excluding hydrogens is 454 g/mol. The number of hydrogen-bond donors (Lipinski definition) is 1. The average Bonchev–Trinajstić information content (AvgIpc) is 2.69. The molecule has 0 fully saturated rings. The van der Waals surface area contributed by atoms with E-state index in [1.165, 1.54) is 18.2 Å². The first-order valence-electron chi connectivity index (χ1n) is 8.67. The quantitative estimate of drug-likeness (QED) is 0.437. The van der Waals surface area contributed by atoms with Crippen LogP contribution in [0.4, 0.5) is 17.1 Å². The maximum absolute atomic E-state index is 12.7. The van der Waals surface area contributed by atoms with Gasteiger partial charge in [-0.1, -0.05) is 34.1 Å². The van der Waals surface area contributed by atoms with Gasteiger partial charge in [-0.2, -0.15) is 0 Å². The lowest BCUT2D eigenvalue weighted by molar-refractivity contribution is -0.212. The summed E-state index contributed by atoms with van der Waals surface area (Å²) in [6.07, 6.45) is 0. The third-order valence-corrected chi connectivity index (χ3v) is 6.03. The van der Waals surface area contributed by atoms with Crippen molar-refractivity contribution < 1.29 is 13.5 Å². The van der Waals surface area contributed by atoms with E-state index in [9.17, 15) is 13.5 Å². The van der Waals surface area contributed by atoms with Crippen molar-refractivity contribution in [3.8, 4) is 0 Å². The highest BCUT2D eigenvalue weighted by Crippen LogP contribution is 2.23. The summed E-state index contributed by atoms with van der Waals surface area (Å²) in [6.45, 7) is 0. The minimum atomic E-state index is -3.84. The van der Waals surface area contributed by atoms with Gasteiger partial charge < -0.3 is 10.0 Å². The minimum Gasteiger partial charge on any atom is -0.858 e. The highest BCUT2D eigenvalue weighted by Gasteiger charge is 2.16. The molecule has 0 aliphatic rings. The average molecular weight is 473 g/mol. The first kappa shape index (κ1) is 20.9. The van der Waals surface area contributed by atoms with Crippen LogP contribution in [0.25, 0.3) is 0 Å². The second-order valence-electron chi connectivity index (χ2n) is 6.43. The van der Waals surface area contributed by atoms with Gasteiger partial charge in [0.1, 0.15) is 0 Å². The lowest BCUT2D eigenvalue weighted by Crippen LogP contribution is -2.22. The van der Waals surface area contributed by atoms with Gasteiger partial charge in [-0.25, -0.2) is 8.42 Å². The number of nitrogens with zero attached hydrogens (tertiary/aromatic N) is 2. The second-order valence-corrected chi connectivity index (χ2v) is 9.03. The van der Waals surface area contributed by atoms with E-state index in [0.717, 1.165) is 10.2 Å². The van der Waals surface area contributed by atoms with Crippen molar-refractivity contribution in [3.05, 3.63) is 82.8 Å². The molecule has 0 amide bonds. The van der Waals surface area contributed by atoms with Gasteiger partial charge >= 0.3 is 0 Å². The Bertz CT molecular complexity index is 1130. The lowest BCUT2D eigenvalue weighted by atomic mass is 10.2. The fourth-order valence-electron chi connectivity index (χ4n) is 2.58. The molecule has 3 rings (SSSR count). The van der Waals surface area contributed by atoms with Crippen molar-refractivity contribution in [2.75, 3.05) is 23.7 Å². The van der Waals surface area contributed by atoms with E-state index in [2.05, 4.69) is 25.6 Å². The molecule has 8 heteroatoms. The predicted molar refractivity (Wildman–Crippen MR) is 118 cm³/mol. The number of aliphatic imine (C=N–C) groups is 1. The standard InChI is InChI=1S/C21H20BrN3O3S/c1-25(2)17-11-9-16(10-12-17)23-21(26)19-5-3-4-6-20(19)24-29(27,28)18-13-7-15(22)8-14-18/h3-14,24H,1-2H3,(H,23,26)/p-1. The molecule has 0 spiro atoms. The summed E-state index contributed by atoms with van der Waals surface area (Å²) >= 11 is 3.28. The van der Waals surface area contributed by atoms with Crippen LogP contribution in [0.2, 0.25) is 0 Å². The Morgan fingerprint density at radius 3 is 2.21 bits per heavy atom. The maximum Gasteiger partial charge on any atom is 0.261 e. The van der Waals surface area contributed by atoms with Crippen LogP contribution in [-0.2, 0) is 10.0 Å². The molecule has 0 unspecified atom stereocenters. The molecule has 150 valence electrons. The Labute approximate surface area is 178 Å². The molecule has 0 aliphatic carbocycles. The van der Waals surface area contributed by atoms with Gasteiger partial charge in [-0.3, -0.25) is 9.71 Å². The molecule has 0 aromatic heterocycles. The number of rotatable bonds is 6. The molecule has 0 saturated carbocycles. The zero-order valence-corrected chi connectivity index (χ0v) is 18.2. The second kappa shape index (κ2) is 8.67. The van der Waals surface area contributed by atoms with Crippen molar-refractivity contribution in [2.45, 2.75) is 4.90 Å². The highest BCUT2D eigenvalue weighted by molar-refractivity contribution is 9.10. The van der Waals surface area contributed by atoms with Crippen LogP contribution in [0.15, 0.2) is 87.2 Å². The fourth-order valence-corrected chi connectivity index (χ4v) is 3.92. The molecule has 6 nitrogen and oxygen atoms in total. The number of hydrogen-bond acceptors (Lipinski definition) is 5. The lowest BCUT2D eigenvalue weighted by Gasteiger charge is -2.17. The zero-order valence-electron chi connectivity index (χ0n) is 15.8. The predicted octanol–water partition coefficient (Wildman–Crippen LogP) is 3.75. The van der Waals surface area contributed by atoms with E-state index in [0.29, 0.717) is 5.69 Å². The zero-order chi connectivity index (χ0) is 21.0. The first-order valence-corrected chi connectivity index (χ1v) is 10.9. The minimum absolute atomic E-state index is 0.0964. The van der Waals surface area contributed by atoms with Crippen LogP contribution in [0.3, 0.4) is 0 Å². The van der Waals surface area contributed by atoms with Crippen LogP contribution in [0, 0.1) is 0 Å². The number of anilines is 2. The van der Waals surface area contributed by atoms with Crippen molar-refractivity contribution in [1.29, 1.82) is 0 Å². The largest absolute Gasteiger partial charge is 0.858 e. The van der Waals surface area contributed by atoms with Crippen LogP contribution in [-0.4, -0.2) is 28.4 Å². The van der Waals surface area contributed by atoms with Gasteiger partial charge in [-0.05, 0) is 60.5 Å². The molecule has 3 aromatic rings. The van der Waals surface area contributed by atoms with Crippen LogP contribution >= 0.6 is 15.9 Å². The molecule has 0 atom stereocenters. The topological polar surface area (TPSA) is 84.8 Å². The SMILES string of the molecule is CN(C)c1ccc(N=C([O-])c2ccccc2NS(=O)(=O)c2ccc(Br)cc2)cc1. The number of nitrogens with one attached hydrogen (secondary N) is 1. The molecule has 1 N–H and O–H groups in total. The number of benzene rings is 3. The van der Waals surface area contributed by atoms with Crippen molar-refractivity contribution in [1.82, 2.24) is 0 Å². The normalized spacial score (nSPS) is 11.9. The number of halogens is 1. The molecular formula is C21H19BrN3O3S-. The highest BCUT2D eigenvalue weighted by atomic mass is 79.9. The fraction of sp³-hybridized carbons (Fsp3) is 0.0952. The van der Waals surface area contributed by atoms with Crippen LogP contribution < -0.4 is 14.7 Å². The summed E-state index contributed by atoms with van der Waals surface area (Å²) in [7, 11) is -0.000923. The van der Waals surface area contributed by atoms with E-state index in [1.807, 2.05) is 31.1 Å². The summed E-state index contributed by atoms with van der Waals surface area (Å²) in [4.78, 5) is 6.15. The van der Waals surface area contributed by atoms with Crippen LogP contribution in [0.1, 0.15) is 5.56 Å². The van der Waals surface area contributed by atoms with Gasteiger partial charge in [0.05, 0.1) is 16.3 Å². The smallest absolute Gasteiger partial charge is 0.261 e. The van der Waals surface area contributed by atoms with Crippen molar-refractivity contribution >= 4 is 48.9 Å². The van der Waals surface area contributed by atoms with E-state index in [-0.39, 0.29) is 16.1 Å². The molecule has 0 saturated heterocycles. The van der Waals surface area contributed by atoms with Crippen LogP contribution in [0.5, 0.6) is 0 Å². The molecule has 0 aliphatic heterocycles. The summed E-state index contributed by atoms with van der Waals surface area (Å²) in [5, 5.41) is 12.7. The number of para-hydroxylation sites is 1. The van der Waals surface area contributed by atoms with Crippen molar-refractivity contribution in [2.24, 2.45) is 4.99 Å². The Kier molecular flexibility index (Phi) is 6.24. The monoisotopic (exact) mass is 472 g/mol. The molecule has 29 heavy (non-hydrogen) atoms. The first-order chi connectivity index (χ1) is 13.8. The summed E-state index contributed by atoms with van der Waals surface area (Å²) < 4.78 is 28.6. The van der Waals surface area contributed by atoms with Gasteiger partial charge in [0.25, 0.3) is 10.0 Å². The Hall–Kier alpha value is -2.84. The molecule has 3 aromatic carbocycles. The van der Waals surface area contributed by atoms with E-state index in [4.69, 9.17) is 0 Å². The van der Waals surface area contributed by atoms with Crippen molar-refractivity contribution in [3.63, 3.8) is 0 Å². The summed E-state index contributed by atoms with van der Waals surface area (Å²) in [5.41, 5.74) is 1.82. The van der Waals surface area contributed by atoms with Gasteiger partial charge in [0.2, 0.25) is 0 Å². The Morgan fingerprint density at radius 1 is 0.966 bits per heavy atom. The van der Waals surface area contributed by atoms with E-state index < -0.39 is 15.9 Å². The van der Waals surface area contributed by atoms with E-state index >= 15 is 0 Å². The summed E-state index contributed by atoms with van der Waals surface area (Å²) in [5.74, 6) is -0.531. The maximum atomic E-state index is 12.7. The molecule has 0 bridgehead atoms. The molecule has 0 heterocycles. The summed E-state index contributed by atoms with van der Waals surface area (Å²) in [6, 6.07) is 19.8. The van der Waals surface area contributed by atoms with Gasteiger partial charge in [-0.15, -0.1) is 0 Å². The number of sulfonamides is 1. The van der Waals surface area contributed by atoms with Gasteiger partial charge in [0, 0.05) is 29.8 Å². The molecule has 0 radical (unpaired) electrons. The van der Waals surface area contributed by atoms with E-state index in [1.54, 1.807) is 42.5 Å². The Morgan fingerprint density at radius 2 is 1.59 bits per heavy atom. The third kappa shape index (κ3) is 5.16. The third-order valence-electron chi connectivity index (χ3n) is 4.12. The van der Waals surface area contributed by atoms with Gasteiger partial charge in [0.15, 0.2) is 0 Å². The Balaban J connectivity index is 1.91.